The molecule has 0 spiro atoms. The number of aromatic nitrogens is 1. The lowest BCUT2D eigenvalue weighted by Gasteiger charge is -2.15. The van der Waals surface area contributed by atoms with E-state index in [4.69, 9.17) is 9.47 Å². The molecule has 0 fully saturated rings. The number of anilines is 1. The third-order valence-electron chi connectivity index (χ3n) is 5.97. The SMILES string of the molecule is COc1ccc(NC(=O)c2cccc(CN3C(=O)c4ccccc4C3=O)c2)cc1OCc1ccncc1. The van der Waals surface area contributed by atoms with Crippen molar-refractivity contribution in [1.82, 2.24) is 9.88 Å². The predicted molar refractivity (Wildman–Crippen MR) is 137 cm³/mol. The molecule has 0 bridgehead atoms. The first-order valence-electron chi connectivity index (χ1n) is 11.6. The van der Waals surface area contributed by atoms with Crippen molar-refractivity contribution in [3.8, 4) is 11.5 Å². The monoisotopic (exact) mass is 493 g/mol. The van der Waals surface area contributed by atoms with Crippen LogP contribution in [0.2, 0.25) is 0 Å². The van der Waals surface area contributed by atoms with Crippen LogP contribution in [0.4, 0.5) is 5.69 Å². The van der Waals surface area contributed by atoms with Crippen molar-refractivity contribution in [1.29, 1.82) is 0 Å². The number of rotatable bonds is 8. The van der Waals surface area contributed by atoms with E-state index in [0.29, 0.717) is 46.0 Å². The van der Waals surface area contributed by atoms with Crippen LogP contribution < -0.4 is 14.8 Å². The number of hydrogen-bond donors (Lipinski definition) is 1. The van der Waals surface area contributed by atoms with Crippen LogP contribution in [0.15, 0.2) is 91.3 Å². The van der Waals surface area contributed by atoms with Gasteiger partial charge in [-0.3, -0.25) is 24.3 Å². The molecule has 0 aliphatic carbocycles. The molecule has 4 aromatic rings. The van der Waals surface area contributed by atoms with E-state index in [-0.39, 0.29) is 24.3 Å². The third-order valence-corrected chi connectivity index (χ3v) is 5.97. The lowest BCUT2D eigenvalue weighted by Crippen LogP contribution is -2.29. The van der Waals surface area contributed by atoms with Gasteiger partial charge >= 0.3 is 0 Å². The van der Waals surface area contributed by atoms with Gasteiger partial charge in [-0.2, -0.15) is 0 Å². The van der Waals surface area contributed by atoms with E-state index in [1.165, 1.54) is 4.90 Å². The molecule has 0 radical (unpaired) electrons. The summed E-state index contributed by atoms with van der Waals surface area (Å²) < 4.78 is 11.3. The Morgan fingerprint density at radius 2 is 1.57 bits per heavy atom. The molecule has 0 saturated heterocycles. The summed E-state index contributed by atoms with van der Waals surface area (Å²) in [6, 6.07) is 22.4. The van der Waals surface area contributed by atoms with E-state index in [1.54, 1.807) is 86.2 Å². The van der Waals surface area contributed by atoms with Crippen LogP contribution in [0.1, 0.15) is 42.2 Å². The van der Waals surface area contributed by atoms with Gasteiger partial charge in [-0.05, 0) is 59.7 Å². The number of imide groups is 1. The van der Waals surface area contributed by atoms with Gasteiger partial charge < -0.3 is 14.8 Å². The predicted octanol–water partition coefficient (Wildman–Crippen LogP) is 4.72. The molecule has 1 aliphatic rings. The highest BCUT2D eigenvalue weighted by Crippen LogP contribution is 2.31. The van der Waals surface area contributed by atoms with Gasteiger partial charge in [0.25, 0.3) is 17.7 Å². The molecule has 0 unspecified atom stereocenters. The summed E-state index contributed by atoms with van der Waals surface area (Å²) in [7, 11) is 1.55. The molecule has 5 rings (SSSR count). The molecule has 0 saturated carbocycles. The summed E-state index contributed by atoms with van der Waals surface area (Å²) in [6.07, 6.45) is 3.38. The first-order valence-corrected chi connectivity index (χ1v) is 11.6. The van der Waals surface area contributed by atoms with Crippen LogP contribution in [0, 0.1) is 0 Å². The molecule has 8 heteroatoms. The molecular weight excluding hydrogens is 470 g/mol. The maximum atomic E-state index is 13.0. The summed E-state index contributed by atoms with van der Waals surface area (Å²) in [5.41, 5.74) is 3.32. The zero-order valence-corrected chi connectivity index (χ0v) is 20.0. The number of fused-ring (bicyclic) bond motifs is 1. The second-order valence-corrected chi connectivity index (χ2v) is 8.41. The van der Waals surface area contributed by atoms with Gasteiger partial charge in [-0.1, -0.05) is 24.3 Å². The summed E-state index contributed by atoms with van der Waals surface area (Å²) >= 11 is 0. The van der Waals surface area contributed by atoms with Crippen molar-refractivity contribution in [2.24, 2.45) is 0 Å². The number of amides is 3. The Morgan fingerprint density at radius 3 is 2.27 bits per heavy atom. The molecule has 3 amide bonds. The molecule has 0 atom stereocenters. The summed E-state index contributed by atoms with van der Waals surface area (Å²) in [5, 5.41) is 2.87. The van der Waals surface area contributed by atoms with Crippen molar-refractivity contribution in [2.45, 2.75) is 13.2 Å². The van der Waals surface area contributed by atoms with Crippen LogP contribution in [0.3, 0.4) is 0 Å². The highest BCUT2D eigenvalue weighted by molar-refractivity contribution is 6.21. The van der Waals surface area contributed by atoms with Crippen LogP contribution in [-0.4, -0.2) is 34.7 Å². The molecule has 37 heavy (non-hydrogen) atoms. The second-order valence-electron chi connectivity index (χ2n) is 8.41. The fourth-order valence-electron chi connectivity index (χ4n) is 4.09. The molecular formula is C29H23N3O5. The van der Waals surface area contributed by atoms with E-state index >= 15 is 0 Å². The minimum absolute atomic E-state index is 0.0724. The average Bonchev–Trinajstić information content (AvgIpc) is 3.17. The second kappa shape index (κ2) is 10.3. The highest BCUT2D eigenvalue weighted by atomic mass is 16.5. The molecule has 1 aliphatic heterocycles. The number of methoxy groups -OCH3 is 1. The zero-order chi connectivity index (χ0) is 25.8. The number of benzene rings is 3. The van der Waals surface area contributed by atoms with Crippen molar-refractivity contribution in [3.05, 3.63) is 119 Å². The fraction of sp³-hybridized carbons (Fsp3) is 0.103. The largest absolute Gasteiger partial charge is 0.493 e. The maximum absolute atomic E-state index is 13.0. The Kier molecular flexibility index (Phi) is 6.63. The average molecular weight is 494 g/mol. The van der Waals surface area contributed by atoms with Gasteiger partial charge in [0.15, 0.2) is 11.5 Å². The molecule has 1 N–H and O–H groups in total. The van der Waals surface area contributed by atoms with Gasteiger partial charge in [0, 0.05) is 29.7 Å². The quantitative estimate of drug-likeness (QED) is 0.357. The molecule has 1 aromatic heterocycles. The standard InChI is InChI=1S/C29H23N3O5/c1-36-25-10-9-22(16-26(25)37-18-19-11-13-30-14-12-19)31-27(33)21-6-4-5-20(15-21)17-32-28(34)23-7-2-3-8-24(23)29(32)35/h2-16H,17-18H2,1H3,(H,31,33). The van der Waals surface area contributed by atoms with E-state index in [9.17, 15) is 14.4 Å². The van der Waals surface area contributed by atoms with Gasteiger partial charge in [-0.15, -0.1) is 0 Å². The number of pyridine rings is 1. The molecule has 8 nitrogen and oxygen atoms in total. The number of nitrogens with one attached hydrogen (secondary N) is 1. The van der Waals surface area contributed by atoms with Crippen molar-refractivity contribution in [2.75, 3.05) is 12.4 Å². The number of carbonyl (C=O) groups is 3. The fourth-order valence-corrected chi connectivity index (χ4v) is 4.09. The van der Waals surface area contributed by atoms with E-state index in [0.717, 1.165) is 5.56 Å². The lowest BCUT2D eigenvalue weighted by atomic mass is 10.1. The smallest absolute Gasteiger partial charge is 0.261 e. The van der Waals surface area contributed by atoms with Gasteiger partial charge in [0.2, 0.25) is 0 Å². The Morgan fingerprint density at radius 1 is 0.838 bits per heavy atom. The van der Waals surface area contributed by atoms with E-state index in [1.807, 2.05) is 12.1 Å². The number of ether oxygens (including phenoxy) is 2. The topological polar surface area (TPSA) is 97.8 Å². The zero-order valence-electron chi connectivity index (χ0n) is 20.0. The molecule has 2 heterocycles. The van der Waals surface area contributed by atoms with Crippen LogP contribution in [-0.2, 0) is 13.2 Å². The number of hydrogen-bond acceptors (Lipinski definition) is 6. The first kappa shape index (κ1) is 23.7. The third kappa shape index (κ3) is 5.04. The summed E-state index contributed by atoms with van der Waals surface area (Å²) in [4.78, 5) is 43.6. The Hall–Kier alpha value is -4.98. The summed E-state index contributed by atoms with van der Waals surface area (Å²) in [5.74, 6) is 0.00177. The van der Waals surface area contributed by atoms with Gasteiger partial charge in [0.1, 0.15) is 6.61 Å². The van der Waals surface area contributed by atoms with Crippen LogP contribution in [0.5, 0.6) is 11.5 Å². The normalized spacial score (nSPS) is 12.3. The minimum atomic E-state index is -0.340. The molecule has 3 aromatic carbocycles. The highest BCUT2D eigenvalue weighted by Gasteiger charge is 2.35. The van der Waals surface area contributed by atoms with Crippen molar-refractivity contribution < 1.29 is 23.9 Å². The van der Waals surface area contributed by atoms with Gasteiger partial charge in [0.05, 0.1) is 24.8 Å². The summed E-state index contributed by atoms with van der Waals surface area (Å²) in [6.45, 7) is 0.388. The van der Waals surface area contributed by atoms with Gasteiger partial charge in [-0.25, -0.2) is 0 Å². The maximum Gasteiger partial charge on any atom is 0.261 e. The Balaban J connectivity index is 1.29. The minimum Gasteiger partial charge on any atom is -0.493 e. The molecule has 184 valence electrons. The lowest BCUT2D eigenvalue weighted by molar-refractivity contribution is 0.0642. The van der Waals surface area contributed by atoms with E-state index < -0.39 is 0 Å². The van der Waals surface area contributed by atoms with E-state index in [2.05, 4.69) is 10.3 Å². The number of nitrogens with zero attached hydrogens (tertiary/aromatic N) is 2. The first-order chi connectivity index (χ1) is 18.0. The van der Waals surface area contributed by atoms with Crippen molar-refractivity contribution in [3.63, 3.8) is 0 Å². The Bertz CT molecular complexity index is 1450. The van der Waals surface area contributed by atoms with Crippen molar-refractivity contribution >= 4 is 23.4 Å². The van der Waals surface area contributed by atoms with Crippen LogP contribution in [0.25, 0.3) is 0 Å². The van der Waals surface area contributed by atoms with Crippen LogP contribution >= 0.6 is 0 Å². The number of carbonyl (C=O) groups excluding carboxylic acids is 3. The Labute approximate surface area is 213 Å².